The van der Waals surface area contributed by atoms with Crippen LogP contribution in [0, 0.1) is 33.8 Å². The lowest BCUT2D eigenvalue weighted by molar-refractivity contribution is -0.384. The molecule has 3 aliphatic rings. The molecule has 2 fully saturated rings. The van der Waals surface area contributed by atoms with E-state index in [-0.39, 0.29) is 92.8 Å². The second-order valence-corrected chi connectivity index (χ2v) is 29.8. The number of imide groups is 1. The van der Waals surface area contributed by atoms with E-state index in [0.717, 1.165) is 122 Å². The Balaban J connectivity index is 0.000000264. The summed E-state index contributed by atoms with van der Waals surface area (Å²) >= 11 is 0.963. The summed E-state index contributed by atoms with van der Waals surface area (Å²) in [5.41, 5.74) is 0.445. The minimum Gasteiger partial charge on any atom is -0.497 e. The third kappa shape index (κ3) is 35.6. The predicted molar refractivity (Wildman–Crippen MR) is 471 cm³/mol. The molecular formula is C95H111N3O28S. The molecule has 6 aromatic carbocycles. The van der Waals surface area contributed by atoms with Gasteiger partial charge in [-0.1, -0.05) is 37.7 Å². The average Bonchev–Trinajstić information content (AvgIpc) is 1.58. The van der Waals surface area contributed by atoms with Crippen molar-refractivity contribution in [1.82, 2.24) is 4.98 Å². The third-order valence-electron chi connectivity index (χ3n) is 20.0. The van der Waals surface area contributed by atoms with Gasteiger partial charge in [-0.05, 0) is 258 Å². The number of amides is 2. The number of aromatic nitrogens is 1. The number of ether oxygens (including phenoxy) is 14. The van der Waals surface area contributed by atoms with Gasteiger partial charge in [0.2, 0.25) is 5.13 Å². The summed E-state index contributed by atoms with van der Waals surface area (Å²) in [5, 5.41) is 11.2. The van der Waals surface area contributed by atoms with Crippen LogP contribution in [0.3, 0.4) is 0 Å². The molecule has 2 saturated carbocycles. The number of ketones is 2. The molecule has 32 heteroatoms. The lowest BCUT2D eigenvalue weighted by Gasteiger charge is -2.26. The SMILES string of the molecule is C=CC(=O)OCCCCCCOC(=O)c1ccc(OC)cc1.C=CC(=O)OCCCCCCOc1ccc(OC)cc1.C=CC(=O)OCCCCOC(=O)c1ccc(OC)cc1.C=CC(=O)OCCCCOc1ccc(OC)cc1.CC(=O)C1CCC(C(=O)Oc2ccc(OC(=O)C3CCC(C(C)=O)CC3)c3c2C(=O)N(c2nc4cc([N+](=O)[O-])ccc4s2)C3=O)CC1. The maximum Gasteiger partial charge on any atom is 0.338 e. The second-order valence-electron chi connectivity index (χ2n) is 28.8. The van der Waals surface area contributed by atoms with Crippen molar-refractivity contribution in [2.75, 3.05) is 86.2 Å². The molecule has 2 heterocycles. The summed E-state index contributed by atoms with van der Waals surface area (Å²) < 4.78 is 72.9. The highest BCUT2D eigenvalue weighted by Crippen LogP contribution is 2.44. The average molecular weight is 1770 g/mol. The van der Waals surface area contributed by atoms with Gasteiger partial charge in [0.1, 0.15) is 57.6 Å². The van der Waals surface area contributed by atoms with E-state index in [1.807, 2.05) is 48.5 Å². The molecule has 10 rings (SSSR count). The quantitative estimate of drug-likeness (QED) is 0.00500. The Morgan fingerprint density at radius 2 is 0.693 bits per heavy atom. The minimum absolute atomic E-state index is 0.0636. The summed E-state index contributed by atoms with van der Waals surface area (Å²) in [4.78, 5) is 160. The lowest BCUT2D eigenvalue weighted by atomic mass is 9.80. The van der Waals surface area contributed by atoms with Crippen LogP contribution in [-0.4, -0.2) is 162 Å². The molecule has 680 valence electrons. The van der Waals surface area contributed by atoms with Crippen LogP contribution in [0.15, 0.2) is 178 Å². The summed E-state index contributed by atoms with van der Waals surface area (Å²) in [6, 6.07) is 35.1. The third-order valence-corrected chi connectivity index (χ3v) is 21.0. The fraction of sp³-hybridized carbons (Fsp3) is 0.400. The summed E-state index contributed by atoms with van der Waals surface area (Å²) in [6.45, 7) is 19.8. The van der Waals surface area contributed by atoms with Gasteiger partial charge in [-0.3, -0.25) is 38.9 Å². The summed E-state index contributed by atoms with van der Waals surface area (Å²) in [5.74, 6) is -2.01. The maximum absolute atomic E-state index is 14.0. The van der Waals surface area contributed by atoms with E-state index in [4.69, 9.17) is 66.3 Å². The van der Waals surface area contributed by atoms with Gasteiger partial charge in [0.05, 0.1) is 131 Å². The summed E-state index contributed by atoms with van der Waals surface area (Å²) in [7, 11) is 6.40. The second kappa shape index (κ2) is 56.5. The largest absolute Gasteiger partial charge is 0.497 e. The number of rotatable bonds is 44. The molecule has 0 bridgehead atoms. The van der Waals surface area contributed by atoms with Crippen molar-refractivity contribution in [3.05, 3.63) is 210 Å². The number of esters is 8. The number of nitrogens with zero attached hydrogens (tertiary/aromatic N) is 3. The van der Waals surface area contributed by atoms with E-state index in [9.17, 15) is 67.6 Å². The van der Waals surface area contributed by atoms with Crippen molar-refractivity contribution in [2.45, 2.75) is 142 Å². The number of non-ortho nitro benzene ring substituents is 1. The van der Waals surface area contributed by atoms with Crippen LogP contribution in [-0.2, 0) is 66.8 Å². The highest BCUT2D eigenvalue weighted by Gasteiger charge is 2.45. The topological polar surface area (TPSA) is 393 Å². The monoisotopic (exact) mass is 1770 g/mol. The lowest BCUT2D eigenvalue weighted by Crippen LogP contribution is -2.30. The van der Waals surface area contributed by atoms with E-state index < -0.39 is 52.5 Å². The molecular weight excluding hydrogens is 1660 g/mol. The van der Waals surface area contributed by atoms with Crippen molar-refractivity contribution >= 4 is 104 Å². The van der Waals surface area contributed by atoms with Crippen LogP contribution >= 0.6 is 11.3 Å². The number of carbonyl (C=O) groups is 12. The first-order chi connectivity index (χ1) is 61.3. The van der Waals surface area contributed by atoms with Crippen molar-refractivity contribution in [3.8, 4) is 46.0 Å². The maximum atomic E-state index is 14.0. The van der Waals surface area contributed by atoms with Crippen LogP contribution in [0.2, 0.25) is 0 Å². The zero-order valence-corrected chi connectivity index (χ0v) is 73.4. The number of fused-ring (bicyclic) bond motifs is 2. The van der Waals surface area contributed by atoms with Gasteiger partial charge in [0, 0.05) is 48.3 Å². The predicted octanol–water partition coefficient (Wildman–Crippen LogP) is 17.1. The number of hydrogen-bond acceptors (Lipinski definition) is 30. The first kappa shape index (κ1) is 102. The normalized spacial score (nSPS) is 14.5. The first-order valence-corrected chi connectivity index (χ1v) is 42.5. The van der Waals surface area contributed by atoms with Crippen LogP contribution in [0.1, 0.15) is 184 Å². The molecule has 2 aliphatic carbocycles. The van der Waals surface area contributed by atoms with E-state index >= 15 is 0 Å². The van der Waals surface area contributed by atoms with Gasteiger partial charge in [-0.25, -0.2) is 38.7 Å². The molecule has 1 aliphatic heterocycles. The highest BCUT2D eigenvalue weighted by molar-refractivity contribution is 7.22. The van der Waals surface area contributed by atoms with Crippen LogP contribution in [0.4, 0.5) is 10.8 Å². The smallest absolute Gasteiger partial charge is 0.338 e. The molecule has 0 atom stereocenters. The number of nitro benzene ring substituents is 1. The molecule has 0 N–H and O–H groups in total. The molecule has 127 heavy (non-hydrogen) atoms. The van der Waals surface area contributed by atoms with Crippen LogP contribution in [0.25, 0.3) is 10.2 Å². The van der Waals surface area contributed by atoms with Crippen molar-refractivity contribution < 1.29 is 129 Å². The van der Waals surface area contributed by atoms with Gasteiger partial charge in [-0.15, -0.1) is 0 Å². The fourth-order valence-corrected chi connectivity index (χ4v) is 13.7. The van der Waals surface area contributed by atoms with Gasteiger partial charge >= 0.3 is 47.8 Å². The van der Waals surface area contributed by atoms with Gasteiger partial charge in [0.15, 0.2) is 0 Å². The van der Waals surface area contributed by atoms with Gasteiger partial charge in [-0.2, -0.15) is 0 Å². The Bertz CT molecular complexity index is 4730. The van der Waals surface area contributed by atoms with Gasteiger partial charge in [0.25, 0.3) is 17.5 Å². The summed E-state index contributed by atoms with van der Waals surface area (Å²) in [6.07, 6.45) is 18.7. The van der Waals surface area contributed by atoms with Crippen LogP contribution < -0.4 is 42.8 Å². The molecule has 0 spiro atoms. The number of carbonyl (C=O) groups excluding carboxylic acids is 12. The van der Waals surface area contributed by atoms with E-state index in [1.54, 1.807) is 77.0 Å². The Hall–Kier alpha value is -13.4. The van der Waals surface area contributed by atoms with E-state index in [0.29, 0.717) is 138 Å². The Kier molecular flexibility index (Phi) is 45.5. The number of methoxy groups -OCH3 is 4. The number of hydrogen-bond donors (Lipinski definition) is 0. The molecule has 0 unspecified atom stereocenters. The molecule has 2 amide bonds. The molecule has 0 saturated heterocycles. The molecule has 7 aromatic rings. The highest BCUT2D eigenvalue weighted by atomic mass is 32.1. The number of Topliss-reactive ketones (excluding diaryl/α,β-unsaturated/α-hetero) is 2. The zero-order chi connectivity index (χ0) is 92.4. The molecule has 0 radical (unpaired) electrons. The Morgan fingerprint density at radius 1 is 0.402 bits per heavy atom. The number of thiazole rings is 1. The zero-order valence-electron chi connectivity index (χ0n) is 72.6. The van der Waals surface area contributed by atoms with Crippen LogP contribution in [0.5, 0.6) is 46.0 Å². The van der Waals surface area contributed by atoms with E-state index in [2.05, 4.69) is 31.3 Å². The van der Waals surface area contributed by atoms with Crippen molar-refractivity contribution in [2.24, 2.45) is 23.7 Å². The number of benzene rings is 6. The molecule has 1 aromatic heterocycles. The van der Waals surface area contributed by atoms with Crippen molar-refractivity contribution in [1.29, 1.82) is 0 Å². The fourth-order valence-electron chi connectivity index (χ4n) is 12.7. The number of unbranched alkanes of at least 4 members (excludes halogenated alkanes) is 8. The number of nitro groups is 1. The Morgan fingerprint density at radius 3 is 1.01 bits per heavy atom. The Labute approximate surface area is 742 Å². The number of anilines is 1. The first-order valence-electron chi connectivity index (χ1n) is 41.7. The van der Waals surface area contributed by atoms with Crippen molar-refractivity contribution in [3.63, 3.8) is 0 Å². The standard InChI is InChI=1S/C33H31N3O10S.C17H22O5.C16H22O4.C15H18O5.C14H18O4/c1-16(37)18-3-7-20(8-4-18)31(41)45-24-12-13-25(46-32(42)21-9-5-19(6-10-21)17(2)38)28-27(24)29(39)35(30(28)40)33-34-23-15-22(36(43)44)11-14-26(23)47-33;1-3-16(18)21-12-6-4-5-7-13-22-17(19)14-8-10-15(20-2)11-9-14;1-3-16(17)20-13-7-5-4-6-12-19-15-10-8-14(18-2)9-11-15;1-3-14(16)19-10-4-5-11-20-15(17)12-6-8-13(18-2)9-7-12;1-3-14(15)18-11-5-4-10-17-13-8-6-12(16-2)7-9-13/h11-15,18-21H,3-10H2,1-2H3;3,8-11H,1,4-7,12-13H2,2H3;3,8-11H,1,4-7,12-13H2,2H3;3,6-9H,1,4-5,10-11H2,2H3;3,6-9H,1,4-5,10-11H2,2H3. The van der Waals surface area contributed by atoms with E-state index in [1.165, 1.54) is 50.3 Å². The molecule has 31 nitrogen and oxygen atoms in total. The van der Waals surface area contributed by atoms with Gasteiger partial charge < -0.3 is 66.3 Å². The minimum atomic E-state index is -0.860.